The molecule has 1 N–H and O–H groups in total. The smallest absolute Gasteiger partial charge is 0.306 e. The number of carbonyl (C=O) groups is 1. The van der Waals surface area contributed by atoms with Gasteiger partial charge in [-0.25, -0.2) is 4.68 Å². The van der Waals surface area contributed by atoms with Gasteiger partial charge in [-0.3, -0.25) is 9.48 Å². The van der Waals surface area contributed by atoms with Gasteiger partial charge in [0, 0.05) is 13.6 Å². The Hall–Kier alpha value is -2.25. The summed E-state index contributed by atoms with van der Waals surface area (Å²) < 4.78 is 3.36. The lowest BCUT2D eigenvalue weighted by atomic mass is 10.1. The molecular formula is C12H18N6O2. The van der Waals surface area contributed by atoms with E-state index in [9.17, 15) is 4.79 Å². The van der Waals surface area contributed by atoms with E-state index in [0.717, 1.165) is 17.8 Å². The lowest BCUT2D eigenvalue weighted by Gasteiger charge is -2.07. The highest BCUT2D eigenvalue weighted by atomic mass is 16.4. The number of rotatable bonds is 6. The van der Waals surface area contributed by atoms with E-state index in [1.807, 2.05) is 20.0 Å². The third kappa shape index (κ3) is 2.84. The summed E-state index contributed by atoms with van der Waals surface area (Å²) in [5.41, 5.74) is 1.80. The molecule has 0 bridgehead atoms. The Bertz CT molecular complexity index is 603. The normalized spacial score (nSPS) is 12.6. The van der Waals surface area contributed by atoms with E-state index < -0.39 is 11.9 Å². The van der Waals surface area contributed by atoms with Crippen LogP contribution in [0.15, 0.2) is 6.07 Å². The number of tetrazole rings is 1. The van der Waals surface area contributed by atoms with Crippen LogP contribution < -0.4 is 0 Å². The van der Waals surface area contributed by atoms with Crippen molar-refractivity contribution in [1.29, 1.82) is 0 Å². The van der Waals surface area contributed by atoms with Gasteiger partial charge in [-0.15, -0.1) is 5.10 Å². The highest BCUT2D eigenvalue weighted by Crippen LogP contribution is 2.17. The van der Waals surface area contributed by atoms with Crippen LogP contribution in [0.4, 0.5) is 0 Å². The van der Waals surface area contributed by atoms with E-state index in [2.05, 4.69) is 20.6 Å². The molecule has 1 atom stereocenters. The Labute approximate surface area is 116 Å². The summed E-state index contributed by atoms with van der Waals surface area (Å²) in [6.45, 7) is 4.16. The fraction of sp³-hybridized carbons (Fsp3) is 0.583. The number of carboxylic acids is 1. The van der Waals surface area contributed by atoms with Crippen molar-refractivity contribution in [3.05, 3.63) is 11.8 Å². The van der Waals surface area contributed by atoms with E-state index in [1.54, 1.807) is 16.3 Å². The summed E-state index contributed by atoms with van der Waals surface area (Å²) in [4.78, 5) is 10.8. The van der Waals surface area contributed by atoms with Crippen LogP contribution in [0.2, 0.25) is 0 Å². The van der Waals surface area contributed by atoms with E-state index in [-0.39, 0.29) is 0 Å². The standard InChI is InChI=1S/C12H18N6O2/c1-4-9-7-10(17(3)14-9)11-13-15-16-18(11)6-5-8(2)12(19)20/h7-8H,4-6H2,1-3H3,(H,19,20). The first-order valence-corrected chi connectivity index (χ1v) is 6.55. The number of aliphatic carboxylic acids is 1. The second-order valence-electron chi connectivity index (χ2n) is 4.75. The molecule has 2 heterocycles. The summed E-state index contributed by atoms with van der Waals surface area (Å²) in [5.74, 6) is -0.629. The molecule has 8 nitrogen and oxygen atoms in total. The van der Waals surface area contributed by atoms with Crippen LogP contribution >= 0.6 is 0 Å². The zero-order valence-corrected chi connectivity index (χ0v) is 11.8. The van der Waals surface area contributed by atoms with Gasteiger partial charge in [-0.1, -0.05) is 13.8 Å². The molecule has 0 aliphatic rings. The number of hydrogen-bond donors (Lipinski definition) is 1. The summed E-state index contributed by atoms with van der Waals surface area (Å²) >= 11 is 0. The SMILES string of the molecule is CCc1cc(-c2nnnn2CCC(C)C(=O)O)n(C)n1. The van der Waals surface area contributed by atoms with Crippen molar-refractivity contribution in [3.63, 3.8) is 0 Å². The predicted octanol–water partition coefficient (Wildman–Crippen LogP) is 0.747. The van der Waals surface area contributed by atoms with Gasteiger partial charge < -0.3 is 5.11 Å². The molecule has 2 aromatic heterocycles. The van der Waals surface area contributed by atoms with Crippen molar-refractivity contribution in [2.45, 2.75) is 33.2 Å². The Morgan fingerprint density at radius 2 is 2.25 bits per heavy atom. The van der Waals surface area contributed by atoms with Crippen molar-refractivity contribution in [1.82, 2.24) is 30.0 Å². The van der Waals surface area contributed by atoms with Gasteiger partial charge in [-0.05, 0) is 29.3 Å². The molecule has 8 heteroatoms. The van der Waals surface area contributed by atoms with Gasteiger partial charge in [0.25, 0.3) is 0 Å². The molecule has 108 valence electrons. The summed E-state index contributed by atoms with van der Waals surface area (Å²) in [7, 11) is 1.84. The quantitative estimate of drug-likeness (QED) is 0.837. The highest BCUT2D eigenvalue weighted by Gasteiger charge is 2.16. The van der Waals surface area contributed by atoms with Crippen molar-refractivity contribution in [2.24, 2.45) is 13.0 Å². The largest absolute Gasteiger partial charge is 0.481 e. The number of nitrogens with zero attached hydrogens (tertiary/aromatic N) is 6. The minimum atomic E-state index is -0.812. The molecular weight excluding hydrogens is 260 g/mol. The molecule has 2 aromatic rings. The monoisotopic (exact) mass is 278 g/mol. The zero-order valence-electron chi connectivity index (χ0n) is 11.8. The fourth-order valence-electron chi connectivity index (χ4n) is 1.89. The minimum Gasteiger partial charge on any atom is -0.481 e. The van der Waals surface area contributed by atoms with Crippen LogP contribution in [0.1, 0.15) is 26.0 Å². The van der Waals surface area contributed by atoms with E-state index in [1.165, 1.54) is 0 Å². The second-order valence-corrected chi connectivity index (χ2v) is 4.75. The van der Waals surface area contributed by atoms with Crippen LogP contribution in [0.3, 0.4) is 0 Å². The molecule has 1 unspecified atom stereocenters. The Morgan fingerprint density at radius 1 is 1.50 bits per heavy atom. The number of aromatic nitrogens is 6. The molecule has 0 aliphatic carbocycles. The van der Waals surface area contributed by atoms with Gasteiger partial charge in [0.2, 0.25) is 0 Å². The van der Waals surface area contributed by atoms with E-state index in [4.69, 9.17) is 5.11 Å². The molecule has 0 fully saturated rings. The zero-order chi connectivity index (χ0) is 14.7. The van der Waals surface area contributed by atoms with Crippen LogP contribution in [0, 0.1) is 5.92 Å². The lowest BCUT2D eigenvalue weighted by molar-refractivity contribution is -0.141. The number of carboxylic acid groups (broad SMARTS) is 1. The first kappa shape index (κ1) is 14.2. The van der Waals surface area contributed by atoms with Crippen molar-refractivity contribution in [3.8, 4) is 11.5 Å². The summed E-state index contributed by atoms with van der Waals surface area (Å²) in [6.07, 6.45) is 1.32. The van der Waals surface area contributed by atoms with E-state index >= 15 is 0 Å². The maximum atomic E-state index is 10.8. The molecule has 0 spiro atoms. The molecule has 0 radical (unpaired) electrons. The molecule has 0 aromatic carbocycles. The molecule has 2 rings (SSSR count). The third-order valence-corrected chi connectivity index (χ3v) is 3.25. The first-order valence-electron chi connectivity index (χ1n) is 6.55. The van der Waals surface area contributed by atoms with Gasteiger partial charge in [0.15, 0.2) is 5.82 Å². The van der Waals surface area contributed by atoms with Crippen molar-refractivity contribution in [2.75, 3.05) is 0 Å². The summed E-state index contributed by atoms with van der Waals surface area (Å²) in [6, 6.07) is 1.95. The van der Waals surface area contributed by atoms with Crippen LogP contribution in [-0.4, -0.2) is 41.1 Å². The van der Waals surface area contributed by atoms with Gasteiger partial charge in [-0.2, -0.15) is 5.10 Å². The number of aryl methyl sites for hydroxylation is 3. The highest BCUT2D eigenvalue weighted by molar-refractivity contribution is 5.69. The van der Waals surface area contributed by atoms with Crippen LogP contribution in [0.5, 0.6) is 0 Å². The topological polar surface area (TPSA) is 98.7 Å². The number of hydrogen-bond acceptors (Lipinski definition) is 5. The van der Waals surface area contributed by atoms with Crippen LogP contribution in [0.25, 0.3) is 11.5 Å². The van der Waals surface area contributed by atoms with Crippen molar-refractivity contribution >= 4 is 5.97 Å². The minimum absolute atomic E-state index is 0.426. The molecule has 0 saturated carbocycles. The average molecular weight is 278 g/mol. The Morgan fingerprint density at radius 3 is 2.85 bits per heavy atom. The van der Waals surface area contributed by atoms with Crippen molar-refractivity contribution < 1.29 is 9.90 Å². The third-order valence-electron chi connectivity index (χ3n) is 3.25. The molecule has 0 saturated heterocycles. The Kier molecular flexibility index (Phi) is 4.11. The maximum absolute atomic E-state index is 10.8. The first-order chi connectivity index (χ1) is 9.52. The lowest BCUT2D eigenvalue weighted by Crippen LogP contribution is -2.14. The van der Waals surface area contributed by atoms with E-state index in [0.29, 0.717) is 18.8 Å². The molecule has 20 heavy (non-hydrogen) atoms. The molecule has 0 amide bonds. The second kappa shape index (κ2) is 5.81. The predicted molar refractivity (Wildman–Crippen MR) is 70.8 cm³/mol. The van der Waals surface area contributed by atoms with Gasteiger partial charge in [0.1, 0.15) is 5.69 Å². The average Bonchev–Trinajstić information content (AvgIpc) is 3.01. The van der Waals surface area contributed by atoms with Gasteiger partial charge >= 0.3 is 5.97 Å². The van der Waals surface area contributed by atoms with Gasteiger partial charge in [0.05, 0.1) is 11.6 Å². The van der Waals surface area contributed by atoms with Crippen LogP contribution in [-0.2, 0) is 24.8 Å². The maximum Gasteiger partial charge on any atom is 0.306 e. The Balaban J connectivity index is 2.19. The summed E-state index contributed by atoms with van der Waals surface area (Å²) in [5, 5.41) is 24.9. The molecule has 0 aliphatic heterocycles. The fourth-order valence-corrected chi connectivity index (χ4v) is 1.89.